The second-order valence-electron chi connectivity index (χ2n) is 6.45. The number of fused-ring (bicyclic) bond motifs is 1. The van der Waals surface area contributed by atoms with Crippen LogP contribution >= 0.6 is 0 Å². The SMILES string of the molecule is NC(=O)C1=NOC(CNC(=O)N2C[C@@H]3CCC[C@@]3(C(=O)O)C2)C1. The van der Waals surface area contributed by atoms with E-state index in [4.69, 9.17) is 10.6 Å². The lowest BCUT2D eigenvalue weighted by Crippen LogP contribution is -2.44. The molecule has 3 amide bonds. The van der Waals surface area contributed by atoms with Crippen LogP contribution in [0, 0.1) is 11.3 Å². The molecule has 0 radical (unpaired) electrons. The average Bonchev–Trinajstić information content (AvgIpc) is 3.18. The van der Waals surface area contributed by atoms with Crippen LogP contribution in [0.5, 0.6) is 0 Å². The Bertz CT molecular complexity index is 578. The van der Waals surface area contributed by atoms with Gasteiger partial charge in [-0.2, -0.15) is 0 Å². The number of aliphatic carboxylic acids is 1. The first-order valence-corrected chi connectivity index (χ1v) is 7.71. The fourth-order valence-electron chi connectivity index (χ4n) is 3.79. The zero-order valence-corrected chi connectivity index (χ0v) is 12.7. The van der Waals surface area contributed by atoms with E-state index < -0.39 is 23.4 Å². The quantitative estimate of drug-likeness (QED) is 0.641. The minimum atomic E-state index is -0.811. The van der Waals surface area contributed by atoms with Crippen LogP contribution in [0.4, 0.5) is 4.79 Å². The van der Waals surface area contributed by atoms with Crippen LogP contribution in [0.15, 0.2) is 5.16 Å². The molecule has 2 heterocycles. The summed E-state index contributed by atoms with van der Waals surface area (Å²) in [5, 5.41) is 15.8. The zero-order valence-electron chi connectivity index (χ0n) is 12.7. The summed E-state index contributed by atoms with van der Waals surface area (Å²) in [5.74, 6) is -1.42. The molecular formula is C14H20N4O5. The number of nitrogens with two attached hydrogens (primary N) is 1. The number of amides is 3. The van der Waals surface area contributed by atoms with Gasteiger partial charge in [0.15, 0.2) is 6.10 Å². The fourth-order valence-corrected chi connectivity index (χ4v) is 3.79. The van der Waals surface area contributed by atoms with E-state index in [0.29, 0.717) is 13.0 Å². The van der Waals surface area contributed by atoms with Crippen molar-refractivity contribution in [2.45, 2.75) is 31.8 Å². The minimum absolute atomic E-state index is 0.0262. The van der Waals surface area contributed by atoms with Crippen molar-refractivity contribution in [3.05, 3.63) is 0 Å². The summed E-state index contributed by atoms with van der Waals surface area (Å²) in [5.41, 5.74) is 4.48. The average molecular weight is 324 g/mol. The van der Waals surface area contributed by atoms with Gasteiger partial charge in [0.05, 0.1) is 12.0 Å². The minimum Gasteiger partial charge on any atom is -0.481 e. The van der Waals surface area contributed by atoms with Crippen molar-refractivity contribution in [3.63, 3.8) is 0 Å². The molecule has 9 heteroatoms. The first-order chi connectivity index (χ1) is 10.9. The standard InChI is InChI=1S/C14H20N4O5/c15-11(19)10-4-9(23-17-10)5-16-13(22)18-6-8-2-1-3-14(8,7-18)12(20)21/h8-9H,1-7H2,(H2,15,19)(H,16,22)(H,20,21)/t8-,9?,14+/m0/s1. The number of carbonyl (C=O) groups is 3. The van der Waals surface area contributed by atoms with Crippen LogP contribution in [-0.4, -0.2) is 59.4 Å². The molecule has 2 fully saturated rings. The molecule has 9 nitrogen and oxygen atoms in total. The lowest BCUT2D eigenvalue weighted by Gasteiger charge is -2.23. The number of hydrogen-bond acceptors (Lipinski definition) is 5. The van der Waals surface area contributed by atoms with Gasteiger partial charge in [-0.05, 0) is 18.8 Å². The lowest BCUT2D eigenvalue weighted by molar-refractivity contribution is -0.149. The number of nitrogens with one attached hydrogen (secondary N) is 1. The maximum absolute atomic E-state index is 12.3. The molecule has 126 valence electrons. The molecule has 2 aliphatic heterocycles. The number of oxime groups is 1. The van der Waals surface area contributed by atoms with Crippen molar-refractivity contribution in [1.29, 1.82) is 0 Å². The predicted octanol–water partition coefficient (Wildman–Crippen LogP) is -0.487. The Morgan fingerprint density at radius 2 is 2.26 bits per heavy atom. The van der Waals surface area contributed by atoms with Crippen molar-refractivity contribution >= 4 is 23.6 Å². The third-order valence-corrected chi connectivity index (χ3v) is 5.08. The van der Waals surface area contributed by atoms with Crippen LogP contribution < -0.4 is 11.1 Å². The topological polar surface area (TPSA) is 134 Å². The summed E-state index contributed by atoms with van der Waals surface area (Å²) in [4.78, 5) is 41.4. The molecule has 0 aromatic heterocycles. The second kappa shape index (κ2) is 5.71. The molecule has 4 N–H and O–H groups in total. The summed E-state index contributed by atoms with van der Waals surface area (Å²) < 4.78 is 0. The monoisotopic (exact) mass is 324 g/mol. The first kappa shape index (κ1) is 15.6. The molecule has 3 aliphatic rings. The summed E-state index contributed by atoms with van der Waals surface area (Å²) in [6, 6.07) is -0.309. The third kappa shape index (κ3) is 2.71. The van der Waals surface area contributed by atoms with Gasteiger partial charge in [-0.15, -0.1) is 0 Å². The fraction of sp³-hybridized carbons (Fsp3) is 0.714. The van der Waals surface area contributed by atoms with Gasteiger partial charge in [0.2, 0.25) is 0 Å². The van der Waals surface area contributed by atoms with Gasteiger partial charge in [-0.3, -0.25) is 9.59 Å². The van der Waals surface area contributed by atoms with E-state index in [1.165, 1.54) is 0 Å². The first-order valence-electron chi connectivity index (χ1n) is 7.71. The summed E-state index contributed by atoms with van der Waals surface area (Å²) in [6.07, 6.45) is 2.21. The molecule has 0 aromatic rings. The van der Waals surface area contributed by atoms with E-state index in [9.17, 15) is 19.5 Å². The van der Waals surface area contributed by atoms with Gasteiger partial charge in [0, 0.05) is 19.5 Å². The molecule has 1 saturated heterocycles. The number of rotatable bonds is 4. The summed E-state index contributed by atoms with van der Waals surface area (Å²) in [6.45, 7) is 0.903. The van der Waals surface area contributed by atoms with Crippen molar-refractivity contribution in [2.24, 2.45) is 22.2 Å². The van der Waals surface area contributed by atoms with E-state index >= 15 is 0 Å². The maximum atomic E-state index is 12.3. The predicted molar refractivity (Wildman–Crippen MR) is 78.5 cm³/mol. The number of nitrogens with zero attached hydrogens (tertiary/aromatic N) is 2. The molecule has 3 atom stereocenters. The van der Waals surface area contributed by atoms with Crippen LogP contribution in [0.2, 0.25) is 0 Å². The third-order valence-electron chi connectivity index (χ3n) is 5.08. The van der Waals surface area contributed by atoms with Crippen LogP contribution in [0.3, 0.4) is 0 Å². The Kier molecular flexibility index (Phi) is 3.87. The molecule has 23 heavy (non-hydrogen) atoms. The molecule has 1 saturated carbocycles. The van der Waals surface area contributed by atoms with Gasteiger partial charge in [0.25, 0.3) is 5.91 Å². The Hall–Kier alpha value is -2.32. The number of primary amides is 1. The van der Waals surface area contributed by atoms with E-state index in [-0.39, 0.29) is 37.2 Å². The number of carboxylic acid groups (broad SMARTS) is 1. The lowest BCUT2D eigenvalue weighted by atomic mass is 9.81. The Labute approximate surface area is 132 Å². The van der Waals surface area contributed by atoms with Gasteiger partial charge in [0.1, 0.15) is 5.71 Å². The van der Waals surface area contributed by atoms with Gasteiger partial charge in [-0.25, -0.2) is 4.79 Å². The van der Waals surface area contributed by atoms with Crippen molar-refractivity contribution in [3.8, 4) is 0 Å². The highest BCUT2D eigenvalue weighted by Crippen LogP contribution is 2.48. The number of carbonyl (C=O) groups excluding carboxylic acids is 2. The second-order valence-corrected chi connectivity index (χ2v) is 6.45. The molecule has 3 rings (SSSR count). The Balaban J connectivity index is 1.51. The van der Waals surface area contributed by atoms with Crippen molar-refractivity contribution < 1.29 is 24.3 Å². The van der Waals surface area contributed by atoms with Crippen LogP contribution in [0.25, 0.3) is 0 Å². The highest BCUT2D eigenvalue weighted by molar-refractivity contribution is 6.38. The van der Waals surface area contributed by atoms with E-state index in [2.05, 4.69) is 10.5 Å². The number of likely N-dealkylation sites (tertiary alicyclic amines) is 1. The highest BCUT2D eigenvalue weighted by atomic mass is 16.6. The number of hydrogen-bond donors (Lipinski definition) is 3. The Morgan fingerprint density at radius 3 is 2.87 bits per heavy atom. The molecule has 1 aliphatic carbocycles. The Morgan fingerprint density at radius 1 is 1.48 bits per heavy atom. The maximum Gasteiger partial charge on any atom is 0.317 e. The zero-order chi connectivity index (χ0) is 16.6. The summed E-state index contributed by atoms with van der Waals surface area (Å²) >= 11 is 0. The highest BCUT2D eigenvalue weighted by Gasteiger charge is 2.55. The molecule has 0 aromatic carbocycles. The number of urea groups is 1. The normalized spacial score (nSPS) is 32.2. The van der Waals surface area contributed by atoms with Crippen LogP contribution in [-0.2, 0) is 14.4 Å². The summed E-state index contributed by atoms with van der Waals surface area (Å²) in [7, 11) is 0. The van der Waals surface area contributed by atoms with E-state index in [1.54, 1.807) is 4.90 Å². The van der Waals surface area contributed by atoms with Crippen molar-refractivity contribution in [2.75, 3.05) is 19.6 Å². The smallest absolute Gasteiger partial charge is 0.317 e. The molecule has 1 unspecified atom stereocenters. The van der Waals surface area contributed by atoms with Gasteiger partial charge < -0.3 is 25.9 Å². The molecule has 0 spiro atoms. The van der Waals surface area contributed by atoms with Gasteiger partial charge in [-0.1, -0.05) is 11.6 Å². The van der Waals surface area contributed by atoms with E-state index in [1.807, 2.05) is 0 Å². The largest absolute Gasteiger partial charge is 0.481 e. The molecule has 0 bridgehead atoms. The molecular weight excluding hydrogens is 304 g/mol. The van der Waals surface area contributed by atoms with E-state index in [0.717, 1.165) is 12.8 Å². The van der Waals surface area contributed by atoms with Crippen molar-refractivity contribution in [1.82, 2.24) is 10.2 Å². The number of carboxylic acids is 1. The van der Waals surface area contributed by atoms with Gasteiger partial charge >= 0.3 is 12.0 Å². The van der Waals surface area contributed by atoms with Crippen LogP contribution in [0.1, 0.15) is 25.7 Å².